The molecule has 0 radical (unpaired) electrons. The van der Waals surface area contributed by atoms with Gasteiger partial charge in [-0.1, -0.05) is 41.9 Å². The number of hydrogen-bond donors (Lipinski definition) is 2. The molecule has 1 unspecified atom stereocenters. The van der Waals surface area contributed by atoms with Crippen molar-refractivity contribution in [1.82, 2.24) is 4.98 Å². The Kier molecular flexibility index (Phi) is 5.85. The van der Waals surface area contributed by atoms with Gasteiger partial charge in [-0.2, -0.15) is 13.2 Å². The number of alkyl halides is 3. The first-order chi connectivity index (χ1) is 10.9. The third-order valence-electron chi connectivity index (χ3n) is 3.33. The summed E-state index contributed by atoms with van der Waals surface area (Å²) in [5.74, 6) is 0.187. The first-order valence-electron chi connectivity index (χ1n) is 7.07. The Morgan fingerprint density at radius 2 is 1.91 bits per heavy atom. The molecule has 1 aromatic heterocycles. The lowest BCUT2D eigenvalue weighted by Gasteiger charge is -2.20. The van der Waals surface area contributed by atoms with Crippen LogP contribution < -0.4 is 5.32 Å². The highest BCUT2D eigenvalue weighted by Gasteiger charge is 2.31. The van der Waals surface area contributed by atoms with Gasteiger partial charge < -0.3 is 10.4 Å². The number of anilines is 1. The van der Waals surface area contributed by atoms with Crippen LogP contribution in [0.25, 0.3) is 0 Å². The van der Waals surface area contributed by atoms with Gasteiger partial charge in [0.1, 0.15) is 5.82 Å². The summed E-state index contributed by atoms with van der Waals surface area (Å²) in [5, 5.41) is 12.0. The zero-order valence-electron chi connectivity index (χ0n) is 12.1. The van der Waals surface area contributed by atoms with Crippen LogP contribution in [0.15, 0.2) is 42.6 Å². The van der Waals surface area contributed by atoms with E-state index in [1.165, 1.54) is 0 Å². The quantitative estimate of drug-likeness (QED) is 0.799. The van der Waals surface area contributed by atoms with Crippen LogP contribution in [-0.4, -0.2) is 16.7 Å². The Labute approximate surface area is 137 Å². The number of nitrogens with one attached hydrogen (secondary N) is 1. The Morgan fingerprint density at radius 1 is 1.22 bits per heavy atom. The SMILES string of the molecule is OCCCC(Nc1ncc(C(F)(F)F)cc1Cl)c1ccccc1. The third-order valence-corrected chi connectivity index (χ3v) is 3.62. The van der Waals surface area contributed by atoms with Gasteiger partial charge in [0.2, 0.25) is 0 Å². The van der Waals surface area contributed by atoms with Crippen LogP contribution in [0.1, 0.15) is 30.0 Å². The number of pyridine rings is 1. The zero-order valence-corrected chi connectivity index (χ0v) is 12.9. The Bertz CT molecular complexity index is 635. The van der Waals surface area contributed by atoms with E-state index in [4.69, 9.17) is 16.7 Å². The van der Waals surface area contributed by atoms with E-state index in [9.17, 15) is 13.2 Å². The van der Waals surface area contributed by atoms with Crippen molar-refractivity contribution in [1.29, 1.82) is 0 Å². The molecule has 7 heteroatoms. The maximum Gasteiger partial charge on any atom is 0.417 e. The second kappa shape index (κ2) is 7.66. The largest absolute Gasteiger partial charge is 0.417 e. The standard InChI is InChI=1S/C16H16ClF3N2O/c17-13-9-12(16(18,19)20)10-21-15(13)22-14(7-4-8-23)11-5-2-1-3-6-11/h1-3,5-6,9-10,14,23H,4,7-8H2,(H,21,22). The molecular formula is C16H16ClF3N2O. The van der Waals surface area contributed by atoms with Gasteiger partial charge in [-0.15, -0.1) is 0 Å². The summed E-state index contributed by atoms with van der Waals surface area (Å²) in [6.07, 6.45) is -2.59. The summed E-state index contributed by atoms with van der Waals surface area (Å²) < 4.78 is 37.9. The highest BCUT2D eigenvalue weighted by Crippen LogP contribution is 2.34. The molecule has 2 N–H and O–H groups in total. The van der Waals surface area contributed by atoms with Crippen molar-refractivity contribution in [2.75, 3.05) is 11.9 Å². The van der Waals surface area contributed by atoms with Crippen LogP contribution >= 0.6 is 11.6 Å². The molecule has 0 spiro atoms. The first-order valence-corrected chi connectivity index (χ1v) is 7.44. The minimum Gasteiger partial charge on any atom is -0.396 e. The molecule has 0 aliphatic rings. The lowest BCUT2D eigenvalue weighted by atomic mass is 10.0. The Morgan fingerprint density at radius 3 is 2.48 bits per heavy atom. The van der Waals surface area contributed by atoms with Crippen molar-refractivity contribution in [3.05, 3.63) is 58.7 Å². The number of rotatable bonds is 6. The van der Waals surface area contributed by atoms with Crippen LogP contribution in [0.2, 0.25) is 5.02 Å². The number of aromatic nitrogens is 1. The van der Waals surface area contributed by atoms with Crippen LogP contribution in [0.4, 0.5) is 19.0 Å². The van der Waals surface area contributed by atoms with Crippen molar-refractivity contribution < 1.29 is 18.3 Å². The number of aliphatic hydroxyl groups excluding tert-OH is 1. The number of nitrogens with zero attached hydrogens (tertiary/aromatic N) is 1. The number of halogens is 4. The maximum absolute atomic E-state index is 12.6. The van der Waals surface area contributed by atoms with Gasteiger partial charge in [0.05, 0.1) is 16.6 Å². The normalized spacial score (nSPS) is 12.9. The second-order valence-electron chi connectivity index (χ2n) is 5.03. The monoisotopic (exact) mass is 344 g/mol. The first kappa shape index (κ1) is 17.6. The van der Waals surface area contributed by atoms with Crippen LogP contribution in [0, 0.1) is 0 Å². The number of aliphatic hydroxyl groups is 1. The van der Waals surface area contributed by atoms with Crippen LogP contribution in [0.3, 0.4) is 0 Å². The van der Waals surface area contributed by atoms with Gasteiger partial charge in [0.15, 0.2) is 0 Å². The van der Waals surface area contributed by atoms with Gasteiger partial charge in [0, 0.05) is 12.8 Å². The third kappa shape index (κ3) is 4.84. The second-order valence-corrected chi connectivity index (χ2v) is 5.43. The maximum atomic E-state index is 12.6. The van der Waals surface area contributed by atoms with E-state index >= 15 is 0 Å². The Balaban J connectivity index is 2.22. The Hall–Kier alpha value is -1.79. The smallest absolute Gasteiger partial charge is 0.396 e. The molecule has 124 valence electrons. The molecule has 2 rings (SSSR count). The number of benzene rings is 1. The van der Waals surface area contributed by atoms with E-state index in [-0.39, 0.29) is 23.5 Å². The van der Waals surface area contributed by atoms with E-state index in [0.29, 0.717) is 12.8 Å². The topological polar surface area (TPSA) is 45.1 Å². The van der Waals surface area contributed by atoms with Gasteiger partial charge in [-0.25, -0.2) is 4.98 Å². The van der Waals surface area contributed by atoms with E-state index in [1.54, 1.807) is 0 Å². The summed E-state index contributed by atoms with van der Waals surface area (Å²) in [7, 11) is 0. The molecule has 3 nitrogen and oxygen atoms in total. The summed E-state index contributed by atoms with van der Waals surface area (Å²) in [6, 6.07) is 10.0. The van der Waals surface area contributed by atoms with E-state index in [0.717, 1.165) is 17.8 Å². The fourth-order valence-corrected chi connectivity index (χ4v) is 2.39. The minimum absolute atomic E-state index is 0.0270. The molecule has 1 heterocycles. The molecule has 23 heavy (non-hydrogen) atoms. The van der Waals surface area contributed by atoms with E-state index < -0.39 is 11.7 Å². The van der Waals surface area contributed by atoms with Crippen molar-refractivity contribution in [2.45, 2.75) is 25.1 Å². The van der Waals surface area contributed by atoms with Gasteiger partial charge in [-0.05, 0) is 24.5 Å². The fourth-order valence-electron chi connectivity index (χ4n) is 2.17. The van der Waals surface area contributed by atoms with Crippen molar-refractivity contribution >= 4 is 17.4 Å². The number of hydrogen-bond acceptors (Lipinski definition) is 3. The highest BCUT2D eigenvalue weighted by atomic mass is 35.5. The average Bonchev–Trinajstić information content (AvgIpc) is 2.52. The van der Waals surface area contributed by atoms with Crippen LogP contribution in [0.5, 0.6) is 0 Å². The summed E-state index contributed by atoms with van der Waals surface area (Å²) in [4.78, 5) is 3.79. The van der Waals surface area contributed by atoms with E-state index in [2.05, 4.69) is 10.3 Å². The van der Waals surface area contributed by atoms with Gasteiger partial charge in [-0.3, -0.25) is 0 Å². The predicted molar refractivity (Wildman–Crippen MR) is 83.4 cm³/mol. The van der Waals surface area contributed by atoms with Gasteiger partial charge in [0.25, 0.3) is 0 Å². The van der Waals surface area contributed by atoms with E-state index in [1.807, 2.05) is 30.3 Å². The molecule has 0 saturated heterocycles. The summed E-state index contributed by atoms with van der Waals surface area (Å²) in [5.41, 5.74) is 0.0541. The molecule has 1 aromatic carbocycles. The molecule has 0 bridgehead atoms. The van der Waals surface area contributed by atoms with Crippen molar-refractivity contribution in [3.8, 4) is 0 Å². The molecule has 0 saturated carbocycles. The summed E-state index contributed by atoms with van der Waals surface area (Å²) >= 11 is 5.93. The van der Waals surface area contributed by atoms with Crippen LogP contribution in [-0.2, 0) is 6.18 Å². The summed E-state index contributed by atoms with van der Waals surface area (Å²) in [6.45, 7) is 0.0270. The molecule has 0 fully saturated rings. The highest BCUT2D eigenvalue weighted by molar-refractivity contribution is 6.33. The predicted octanol–water partition coefficient (Wildman–Crippen LogP) is 4.68. The fraction of sp³-hybridized carbons (Fsp3) is 0.312. The average molecular weight is 345 g/mol. The zero-order chi connectivity index (χ0) is 16.9. The lowest BCUT2D eigenvalue weighted by Crippen LogP contribution is -2.14. The molecule has 0 amide bonds. The lowest BCUT2D eigenvalue weighted by molar-refractivity contribution is -0.137. The van der Waals surface area contributed by atoms with Crippen molar-refractivity contribution in [3.63, 3.8) is 0 Å². The molecule has 0 aliphatic heterocycles. The molecule has 0 aliphatic carbocycles. The molecular weight excluding hydrogens is 329 g/mol. The van der Waals surface area contributed by atoms with Crippen molar-refractivity contribution in [2.24, 2.45) is 0 Å². The van der Waals surface area contributed by atoms with Gasteiger partial charge >= 0.3 is 6.18 Å². The minimum atomic E-state index is -4.48. The molecule has 1 atom stereocenters. The molecule has 2 aromatic rings.